The quantitative estimate of drug-likeness (QED) is 0.669. The van der Waals surface area contributed by atoms with Crippen LogP contribution in [0.5, 0.6) is 0 Å². The molecular weight excluding hydrogens is 296 g/mol. The number of nitrogens with two attached hydrogens (primary N) is 1. The highest BCUT2D eigenvalue weighted by Gasteiger charge is 2.15. The molecule has 90 valence electrons. The number of aryl methyl sites for hydroxylation is 1. The highest BCUT2D eigenvalue weighted by molar-refractivity contribution is 9.10. The molecule has 0 aliphatic rings. The maximum atomic E-state index is 5.66. The largest absolute Gasteiger partial charge is 0.271 e. The molecule has 17 heavy (non-hydrogen) atoms. The summed E-state index contributed by atoms with van der Waals surface area (Å²) in [7, 11) is 0. The van der Waals surface area contributed by atoms with Crippen molar-refractivity contribution < 1.29 is 0 Å². The molecule has 1 atom stereocenters. The second kappa shape index (κ2) is 5.78. The van der Waals surface area contributed by atoms with Gasteiger partial charge in [0.2, 0.25) is 0 Å². The van der Waals surface area contributed by atoms with E-state index in [9.17, 15) is 0 Å². The lowest BCUT2D eigenvalue weighted by molar-refractivity contribution is 0.550. The predicted octanol–water partition coefficient (Wildman–Crippen LogP) is 3.57. The molecule has 1 unspecified atom stereocenters. The Morgan fingerprint density at radius 2 is 2.12 bits per heavy atom. The Bertz CT molecular complexity index is 496. The van der Waals surface area contributed by atoms with E-state index in [4.69, 9.17) is 5.84 Å². The van der Waals surface area contributed by atoms with Crippen LogP contribution in [0.2, 0.25) is 0 Å². The molecule has 0 saturated carbocycles. The normalized spacial score (nSPS) is 12.6. The molecule has 0 spiro atoms. The van der Waals surface area contributed by atoms with E-state index in [-0.39, 0.29) is 6.04 Å². The van der Waals surface area contributed by atoms with Crippen LogP contribution in [0.1, 0.15) is 22.7 Å². The zero-order valence-electron chi connectivity index (χ0n) is 9.61. The van der Waals surface area contributed by atoms with Crippen molar-refractivity contribution in [2.45, 2.75) is 19.4 Å². The molecule has 2 nitrogen and oxygen atoms in total. The maximum Gasteiger partial charge on any atom is 0.0519 e. The maximum absolute atomic E-state index is 5.66. The molecule has 1 heterocycles. The van der Waals surface area contributed by atoms with Crippen LogP contribution in [0.25, 0.3) is 0 Å². The van der Waals surface area contributed by atoms with Gasteiger partial charge in [0.15, 0.2) is 0 Å². The van der Waals surface area contributed by atoms with Crippen LogP contribution in [0.3, 0.4) is 0 Å². The van der Waals surface area contributed by atoms with Crippen LogP contribution in [0.4, 0.5) is 0 Å². The van der Waals surface area contributed by atoms with Crippen molar-refractivity contribution in [3.63, 3.8) is 0 Å². The van der Waals surface area contributed by atoms with Gasteiger partial charge in [0.05, 0.1) is 6.04 Å². The zero-order chi connectivity index (χ0) is 12.3. The van der Waals surface area contributed by atoms with Crippen molar-refractivity contribution in [3.05, 3.63) is 56.2 Å². The molecule has 4 heteroatoms. The van der Waals surface area contributed by atoms with Gasteiger partial charge < -0.3 is 0 Å². The average molecular weight is 311 g/mol. The van der Waals surface area contributed by atoms with E-state index in [1.165, 1.54) is 16.7 Å². The van der Waals surface area contributed by atoms with Crippen LogP contribution in [-0.4, -0.2) is 0 Å². The van der Waals surface area contributed by atoms with Crippen LogP contribution >= 0.6 is 27.3 Å². The van der Waals surface area contributed by atoms with Crippen molar-refractivity contribution in [2.24, 2.45) is 5.84 Å². The molecule has 2 aromatic rings. The number of thiophene rings is 1. The molecule has 0 bridgehead atoms. The van der Waals surface area contributed by atoms with Gasteiger partial charge in [-0.3, -0.25) is 11.3 Å². The second-order valence-electron chi connectivity index (χ2n) is 4.02. The third-order valence-electron chi connectivity index (χ3n) is 2.90. The van der Waals surface area contributed by atoms with Gasteiger partial charge in [0, 0.05) is 9.85 Å². The second-order valence-corrected chi connectivity index (χ2v) is 5.62. The molecule has 0 fully saturated rings. The fourth-order valence-corrected chi connectivity index (χ4v) is 3.49. The Kier molecular flexibility index (Phi) is 4.34. The van der Waals surface area contributed by atoms with E-state index in [2.05, 4.69) is 63.3 Å². The topological polar surface area (TPSA) is 38.0 Å². The summed E-state index contributed by atoms with van der Waals surface area (Å²) in [5.74, 6) is 5.66. The third kappa shape index (κ3) is 2.96. The van der Waals surface area contributed by atoms with Crippen LogP contribution < -0.4 is 11.3 Å². The monoisotopic (exact) mass is 310 g/mol. The summed E-state index contributed by atoms with van der Waals surface area (Å²) in [6.45, 7) is 2.13. The fraction of sp³-hybridized carbons (Fsp3) is 0.231. The standard InChI is InChI=1S/C13H15BrN2S/c1-9-4-2-3-5-10(9)6-13(16-15)11-7-17-8-12(11)14/h2-5,7-8,13,16H,6,15H2,1H3. The van der Waals surface area contributed by atoms with Crippen molar-refractivity contribution in [1.29, 1.82) is 0 Å². The average Bonchev–Trinajstić information content (AvgIpc) is 2.75. The highest BCUT2D eigenvalue weighted by Crippen LogP contribution is 2.29. The Labute approximate surface area is 114 Å². The minimum atomic E-state index is 0.150. The molecule has 0 aliphatic carbocycles. The summed E-state index contributed by atoms with van der Waals surface area (Å²) < 4.78 is 1.12. The molecule has 0 radical (unpaired) electrons. The molecule has 1 aromatic heterocycles. The van der Waals surface area contributed by atoms with Crippen molar-refractivity contribution in [3.8, 4) is 0 Å². The summed E-state index contributed by atoms with van der Waals surface area (Å²) >= 11 is 5.24. The van der Waals surface area contributed by atoms with Crippen molar-refractivity contribution in [2.75, 3.05) is 0 Å². The Morgan fingerprint density at radius 1 is 1.35 bits per heavy atom. The SMILES string of the molecule is Cc1ccccc1CC(NN)c1cscc1Br. The molecule has 3 N–H and O–H groups in total. The van der Waals surface area contributed by atoms with Gasteiger partial charge in [0.25, 0.3) is 0 Å². The van der Waals surface area contributed by atoms with Gasteiger partial charge in [0.1, 0.15) is 0 Å². The summed E-state index contributed by atoms with van der Waals surface area (Å²) in [6, 6.07) is 8.56. The van der Waals surface area contributed by atoms with Crippen LogP contribution in [-0.2, 0) is 6.42 Å². The Balaban J connectivity index is 2.22. The zero-order valence-corrected chi connectivity index (χ0v) is 12.0. The van der Waals surface area contributed by atoms with E-state index in [1.807, 2.05) is 0 Å². The highest BCUT2D eigenvalue weighted by atomic mass is 79.9. The van der Waals surface area contributed by atoms with Crippen LogP contribution in [0.15, 0.2) is 39.5 Å². The van der Waals surface area contributed by atoms with Gasteiger partial charge in [-0.25, -0.2) is 0 Å². The van der Waals surface area contributed by atoms with Gasteiger partial charge in [-0.15, -0.1) is 0 Å². The molecule has 0 aliphatic heterocycles. The first-order valence-corrected chi connectivity index (χ1v) is 7.18. The van der Waals surface area contributed by atoms with Gasteiger partial charge in [-0.2, -0.15) is 11.3 Å². The van der Waals surface area contributed by atoms with E-state index >= 15 is 0 Å². The van der Waals surface area contributed by atoms with Gasteiger partial charge >= 0.3 is 0 Å². The molecule has 1 aromatic carbocycles. The Hall–Kier alpha value is -0.680. The third-order valence-corrected chi connectivity index (χ3v) is 4.66. The first-order chi connectivity index (χ1) is 8.22. The number of halogens is 1. The van der Waals surface area contributed by atoms with E-state index in [0.29, 0.717) is 0 Å². The molecule has 0 saturated heterocycles. The number of hydrogen-bond donors (Lipinski definition) is 2. The first-order valence-electron chi connectivity index (χ1n) is 5.44. The summed E-state index contributed by atoms with van der Waals surface area (Å²) in [5, 5.41) is 4.21. The smallest absolute Gasteiger partial charge is 0.0519 e. The van der Waals surface area contributed by atoms with Gasteiger partial charge in [-0.05, 0) is 51.3 Å². The molecule has 2 rings (SSSR count). The molecule has 0 amide bonds. The minimum absolute atomic E-state index is 0.150. The summed E-state index contributed by atoms with van der Waals surface area (Å²) in [5.41, 5.74) is 6.75. The van der Waals surface area contributed by atoms with Crippen molar-refractivity contribution >= 4 is 27.3 Å². The fourth-order valence-electron chi connectivity index (χ4n) is 1.86. The number of rotatable bonds is 4. The summed E-state index contributed by atoms with van der Waals surface area (Å²) in [6.07, 6.45) is 0.901. The number of benzene rings is 1. The number of hydrazine groups is 1. The van der Waals surface area contributed by atoms with Gasteiger partial charge in [-0.1, -0.05) is 24.3 Å². The minimum Gasteiger partial charge on any atom is -0.271 e. The first kappa shape index (κ1) is 12.8. The lowest BCUT2D eigenvalue weighted by Gasteiger charge is -2.17. The Morgan fingerprint density at radius 3 is 2.71 bits per heavy atom. The lowest BCUT2D eigenvalue weighted by Crippen LogP contribution is -2.29. The van der Waals surface area contributed by atoms with E-state index < -0.39 is 0 Å². The number of nitrogens with one attached hydrogen (secondary N) is 1. The van der Waals surface area contributed by atoms with E-state index in [0.717, 1.165) is 10.9 Å². The lowest BCUT2D eigenvalue weighted by atomic mass is 9.98. The predicted molar refractivity (Wildman–Crippen MR) is 77.0 cm³/mol. The number of hydrogen-bond acceptors (Lipinski definition) is 3. The summed E-state index contributed by atoms with van der Waals surface area (Å²) in [4.78, 5) is 0. The molecular formula is C13H15BrN2S. The van der Waals surface area contributed by atoms with E-state index in [1.54, 1.807) is 11.3 Å². The van der Waals surface area contributed by atoms with Crippen LogP contribution in [0, 0.1) is 6.92 Å². The van der Waals surface area contributed by atoms with Crippen molar-refractivity contribution in [1.82, 2.24) is 5.43 Å².